The number of amides is 3. The molecule has 14 heteroatoms. The first-order valence-electron chi connectivity index (χ1n) is 13.1. The zero-order valence-electron chi connectivity index (χ0n) is 22.7. The Balaban J connectivity index is 1.75. The molecule has 9 N–H and O–H groups in total. The van der Waals surface area contributed by atoms with Crippen molar-refractivity contribution < 1.29 is 34.2 Å². The molecule has 0 aliphatic rings. The number of aromatic amines is 2. The maximum Gasteiger partial charge on any atom is 0.326 e. The molecule has 0 radical (unpaired) electrons. The summed E-state index contributed by atoms with van der Waals surface area (Å²) in [5, 5.41) is 27.1. The number of carboxylic acids is 2. The van der Waals surface area contributed by atoms with Crippen molar-refractivity contribution in [3.8, 4) is 0 Å². The van der Waals surface area contributed by atoms with Gasteiger partial charge in [0, 0.05) is 41.8 Å². The van der Waals surface area contributed by atoms with E-state index in [1.54, 1.807) is 20.0 Å². The maximum absolute atomic E-state index is 13.3. The second kappa shape index (κ2) is 14.1. The van der Waals surface area contributed by atoms with Gasteiger partial charge in [0.1, 0.15) is 18.1 Å². The quantitative estimate of drug-likeness (QED) is 0.123. The maximum atomic E-state index is 13.3. The zero-order chi connectivity index (χ0) is 30.1. The monoisotopic (exact) mass is 569 g/mol. The van der Waals surface area contributed by atoms with E-state index in [0.717, 1.165) is 16.5 Å². The predicted molar refractivity (Wildman–Crippen MR) is 147 cm³/mol. The van der Waals surface area contributed by atoms with Gasteiger partial charge in [-0.1, -0.05) is 32.0 Å². The number of aromatic nitrogens is 3. The average Bonchev–Trinajstić information content (AvgIpc) is 3.58. The smallest absolute Gasteiger partial charge is 0.326 e. The highest BCUT2D eigenvalue weighted by Crippen LogP contribution is 2.19. The minimum absolute atomic E-state index is 0.0678. The van der Waals surface area contributed by atoms with Crippen molar-refractivity contribution in [3.63, 3.8) is 0 Å². The van der Waals surface area contributed by atoms with E-state index in [9.17, 15) is 34.2 Å². The molecule has 0 bridgehead atoms. The summed E-state index contributed by atoms with van der Waals surface area (Å²) in [4.78, 5) is 72.1. The van der Waals surface area contributed by atoms with E-state index in [1.165, 1.54) is 12.5 Å². The molecule has 1 aromatic carbocycles. The van der Waals surface area contributed by atoms with Crippen molar-refractivity contribution in [3.05, 3.63) is 54.2 Å². The molecule has 220 valence electrons. The van der Waals surface area contributed by atoms with E-state index < -0.39 is 66.2 Å². The third-order valence-corrected chi connectivity index (χ3v) is 6.57. The van der Waals surface area contributed by atoms with Gasteiger partial charge in [-0.15, -0.1) is 0 Å². The topological polar surface area (TPSA) is 232 Å². The lowest BCUT2D eigenvalue weighted by atomic mass is 10.0. The molecule has 4 unspecified atom stereocenters. The fourth-order valence-corrected chi connectivity index (χ4v) is 4.31. The molecule has 2 heterocycles. The fourth-order valence-electron chi connectivity index (χ4n) is 4.31. The molecule has 0 fully saturated rings. The van der Waals surface area contributed by atoms with E-state index in [1.807, 2.05) is 24.3 Å². The number of hydrogen-bond donors (Lipinski definition) is 8. The molecule has 4 atom stereocenters. The first-order chi connectivity index (χ1) is 19.5. The van der Waals surface area contributed by atoms with Gasteiger partial charge < -0.3 is 41.9 Å². The number of benzene rings is 1. The van der Waals surface area contributed by atoms with Crippen molar-refractivity contribution >= 4 is 40.6 Å². The van der Waals surface area contributed by atoms with Crippen LogP contribution in [0.25, 0.3) is 10.9 Å². The first kappa shape index (κ1) is 30.8. The number of carbonyl (C=O) groups excluding carboxylic acids is 3. The number of nitrogens with two attached hydrogens (primary N) is 1. The summed E-state index contributed by atoms with van der Waals surface area (Å²) < 4.78 is 0. The number of carbonyl (C=O) groups is 5. The van der Waals surface area contributed by atoms with Gasteiger partial charge in [0.15, 0.2) is 0 Å². The normalized spacial score (nSPS) is 14.1. The summed E-state index contributed by atoms with van der Waals surface area (Å²) in [6.07, 6.45) is 3.94. The number of hydrogen-bond acceptors (Lipinski definition) is 7. The third kappa shape index (κ3) is 8.63. The molecule has 3 rings (SSSR count). The van der Waals surface area contributed by atoms with Crippen molar-refractivity contribution in [2.75, 3.05) is 0 Å². The van der Waals surface area contributed by atoms with Crippen LogP contribution in [0.4, 0.5) is 0 Å². The van der Waals surface area contributed by atoms with Gasteiger partial charge in [-0.05, 0) is 30.4 Å². The lowest BCUT2D eigenvalue weighted by Gasteiger charge is -2.25. The zero-order valence-corrected chi connectivity index (χ0v) is 22.7. The van der Waals surface area contributed by atoms with Gasteiger partial charge in [0.25, 0.3) is 0 Å². The molecule has 2 aromatic heterocycles. The van der Waals surface area contributed by atoms with Crippen LogP contribution in [0.1, 0.15) is 37.9 Å². The van der Waals surface area contributed by atoms with Crippen LogP contribution < -0.4 is 21.7 Å². The number of para-hydroxylation sites is 1. The van der Waals surface area contributed by atoms with Crippen molar-refractivity contribution in [2.45, 2.75) is 63.7 Å². The Morgan fingerprint density at radius 1 is 0.927 bits per heavy atom. The highest BCUT2D eigenvalue weighted by atomic mass is 16.4. The molecular weight excluding hydrogens is 534 g/mol. The van der Waals surface area contributed by atoms with Gasteiger partial charge in [-0.3, -0.25) is 19.2 Å². The van der Waals surface area contributed by atoms with Crippen molar-refractivity contribution in [1.82, 2.24) is 30.9 Å². The highest BCUT2D eigenvalue weighted by Gasteiger charge is 2.32. The summed E-state index contributed by atoms with van der Waals surface area (Å²) in [6, 6.07) is 2.63. The molecule has 3 aromatic rings. The van der Waals surface area contributed by atoms with E-state index in [2.05, 4.69) is 30.9 Å². The molecule has 3 amide bonds. The lowest BCUT2D eigenvalue weighted by Crippen LogP contribution is -2.58. The summed E-state index contributed by atoms with van der Waals surface area (Å²) in [7, 11) is 0. The number of nitrogens with one attached hydrogen (secondary N) is 5. The van der Waals surface area contributed by atoms with Gasteiger partial charge in [-0.25, -0.2) is 9.78 Å². The predicted octanol–water partition coefficient (Wildman–Crippen LogP) is 0.0633. The number of aliphatic carboxylic acids is 2. The number of rotatable bonds is 15. The summed E-state index contributed by atoms with van der Waals surface area (Å²) >= 11 is 0. The molecular formula is C27H35N7O7. The molecule has 14 nitrogen and oxygen atoms in total. The van der Waals surface area contributed by atoms with Crippen LogP contribution in [0.15, 0.2) is 43.0 Å². The summed E-state index contributed by atoms with van der Waals surface area (Å²) in [5.74, 6) is -5.14. The Morgan fingerprint density at radius 2 is 1.61 bits per heavy atom. The number of carboxylic acid groups (broad SMARTS) is 2. The summed E-state index contributed by atoms with van der Waals surface area (Å²) in [6.45, 7) is 3.25. The third-order valence-electron chi connectivity index (χ3n) is 6.57. The van der Waals surface area contributed by atoms with E-state index in [-0.39, 0.29) is 19.3 Å². The number of fused-ring (bicyclic) bond motifs is 1. The number of H-pyrrole nitrogens is 2. The van der Waals surface area contributed by atoms with E-state index >= 15 is 0 Å². The summed E-state index contributed by atoms with van der Waals surface area (Å²) in [5.41, 5.74) is 8.30. The molecule has 0 saturated heterocycles. The Hall–Kier alpha value is -4.72. The Kier molecular flexibility index (Phi) is 10.6. The molecule has 41 heavy (non-hydrogen) atoms. The largest absolute Gasteiger partial charge is 0.481 e. The van der Waals surface area contributed by atoms with Gasteiger partial charge in [0.2, 0.25) is 17.7 Å². The van der Waals surface area contributed by atoms with Crippen molar-refractivity contribution in [1.29, 1.82) is 0 Å². The number of nitrogens with zero attached hydrogens (tertiary/aromatic N) is 1. The lowest BCUT2D eigenvalue weighted by molar-refractivity contribution is -0.143. The molecule has 0 aliphatic heterocycles. The van der Waals surface area contributed by atoms with Crippen LogP contribution in [0, 0.1) is 5.92 Å². The first-order valence-corrected chi connectivity index (χ1v) is 13.1. The second-order valence-corrected chi connectivity index (χ2v) is 10.1. The Labute approximate surface area is 235 Å². The standard InChI is InChI=1S/C27H35N7O7/c1-14(2)23(27(40)41)34-26(39)21(10-16-12-29-13-31-16)33-25(38)20(7-8-22(35)36)32-24(37)18(28)9-15-11-30-19-6-4-3-5-17(15)19/h3-6,11-14,18,20-21,23,30H,7-10,28H2,1-2H3,(H,29,31)(H,32,37)(H,33,38)(H,34,39)(H,35,36)(H,40,41). The van der Waals surface area contributed by atoms with Crippen LogP contribution >= 0.6 is 0 Å². The Morgan fingerprint density at radius 3 is 2.24 bits per heavy atom. The number of imidazole rings is 1. The van der Waals surface area contributed by atoms with Crippen LogP contribution in [0.3, 0.4) is 0 Å². The van der Waals surface area contributed by atoms with Gasteiger partial charge in [0.05, 0.1) is 12.4 Å². The molecule has 0 spiro atoms. The second-order valence-electron chi connectivity index (χ2n) is 10.1. The van der Waals surface area contributed by atoms with Crippen LogP contribution in [0.2, 0.25) is 0 Å². The molecule has 0 saturated carbocycles. The fraction of sp³-hybridized carbons (Fsp3) is 0.407. The minimum atomic E-state index is -1.33. The Bertz CT molecular complexity index is 1370. The van der Waals surface area contributed by atoms with E-state index in [0.29, 0.717) is 5.69 Å². The van der Waals surface area contributed by atoms with Gasteiger partial charge in [-0.2, -0.15) is 0 Å². The van der Waals surface area contributed by atoms with Gasteiger partial charge >= 0.3 is 11.9 Å². The van der Waals surface area contributed by atoms with Crippen LogP contribution in [0.5, 0.6) is 0 Å². The van der Waals surface area contributed by atoms with E-state index in [4.69, 9.17) is 5.73 Å². The minimum Gasteiger partial charge on any atom is -0.481 e. The van der Waals surface area contributed by atoms with Crippen LogP contribution in [-0.2, 0) is 36.8 Å². The van der Waals surface area contributed by atoms with Crippen molar-refractivity contribution in [2.24, 2.45) is 11.7 Å². The average molecular weight is 570 g/mol. The van der Waals surface area contributed by atoms with Crippen LogP contribution in [-0.4, -0.2) is 79.0 Å². The molecule has 0 aliphatic carbocycles. The SMILES string of the molecule is CC(C)C(NC(=O)C(Cc1cnc[nH]1)NC(=O)C(CCC(=O)O)NC(=O)C(N)Cc1c[nH]c2ccccc12)C(=O)O. The highest BCUT2D eigenvalue weighted by molar-refractivity contribution is 5.94.